The Morgan fingerprint density at radius 3 is 2.54 bits per heavy atom. The van der Waals surface area contributed by atoms with Crippen LogP contribution in [0.4, 0.5) is 0 Å². The molecule has 4 nitrogen and oxygen atoms in total. The Kier molecular flexibility index (Phi) is 2.47. The van der Waals surface area contributed by atoms with Gasteiger partial charge in [0.15, 0.2) is 5.75 Å². The first kappa shape index (κ1) is 9.02. The van der Waals surface area contributed by atoms with Crippen molar-refractivity contribution in [3.63, 3.8) is 0 Å². The van der Waals surface area contributed by atoms with Crippen LogP contribution in [-0.2, 0) is 0 Å². The number of ether oxygens (including phenoxy) is 1. The maximum atomic E-state index is 8.78. The van der Waals surface area contributed by atoms with Crippen LogP contribution in [-0.4, -0.2) is 12.1 Å². The van der Waals surface area contributed by atoms with Crippen molar-refractivity contribution >= 4 is 0 Å². The minimum absolute atomic E-state index is 0.241. The molecule has 1 aromatic heterocycles. The third-order valence-corrected chi connectivity index (χ3v) is 1.65. The van der Waals surface area contributed by atoms with E-state index in [1.165, 1.54) is 13.3 Å². The Hall–Kier alpha value is -2.07. The Morgan fingerprint density at radius 1 is 1.38 bits per heavy atom. The minimum atomic E-state index is 0.241. The molecule has 0 N–H and O–H groups in total. The van der Waals surface area contributed by atoms with E-state index in [2.05, 4.69) is 4.98 Å². The predicted octanol–water partition coefficient (Wildman–Crippen LogP) is 1.14. The van der Waals surface area contributed by atoms with Gasteiger partial charge in [-0.25, -0.2) is 0 Å². The van der Waals surface area contributed by atoms with Crippen molar-refractivity contribution in [3.05, 3.63) is 23.0 Å². The fraction of sp³-hybridized carbons (Fsp3) is 0.222. The number of aryl methyl sites for hydroxylation is 1. The first-order valence-electron chi connectivity index (χ1n) is 3.58. The predicted molar refractivity (Wildman–Crippen MR) is 45.0 cm³/mol. The van der Waals surface area contributed by atoms with Crippen molar-refractivity contribution in [2.45, 2.75) is 6.92 Å². The van der Waals surface area contributed by atoms with Crippen LogP contribution in [0.1, 0.15) is 16.8 Å². The van der Waals surface area contributed by atoms with Gasteiger partial charge in [-0.2, -0.15) is 10.5 Å². The molecule has 1 rings (SSSR count). The number of hydrogen-bond donors (Lipinski definition) is 0. The molecule has 1 aromatic rings. The molecule has 4 heteroatoms. The van der Waals surface area contributed by atoms with Gasteiger partial charge in [0, 0.05) is 6.20 Å². The van der Waals surface area contributed by atoms with Crippen molar-refractivity contribution in [3.8, 4) is 17.9 Å². The molecular weight excluding hydrogens is 166 g/mol. The van der Waals surface area contributed by atoms with Gasteiger partial charge in [-0.05, 0) is 6.92 Å². The number of nitrogens with zero attached hydrogens (tertiary/aromatic N) is 3. The smallest absolute Gasteiger partial charge is 0.159 e. The zero-order chi connectivity index (χ0) is 9.84. The maximum absolute atomic E-state index is 8.78. The molecular formula is C9H7N3O. The molecule has 0 bridgehead atoms. The molecule has 64 valence electrons. The summed E-state index contributed by atoms with van der Waals surface area (Å²) in [6, 6.07) is 3.80. The standard InChI is InChI=1S/C9H7N3O/c1-6-9(13-2)8(4-11)7(3-10)5-12-6/h5H,1-2H3. The summed E-state index contributed by atoms with van der Waals surface area (Å²) in [7, 11) is 1.45. The molecule has 0 aliphatic carbocycles. The van der Waals surface area contributed by atoms with Crippen LogP contribution < -0.4 is 4.74 Å². The zero-order valence-electron chi connectivity index (χ0n) is 7.33. The molecule has 0 radical (unpaired) electrons. The van der Waals surface area contributed by atoms with Gasteiger partial charge < -0.3 is 4.74 Å². The quantitative estimate of drug-likeness (QED) is 0.638. The van der Waals surface area contributed by atoms with E-state index in [1.807, 2.05) is 12.1 Å². The van der Waals surface area contributed by atoms with E-state index < -0.39 is 0 Å². The highest BCUT2D eigenvalue weighted by atomic mass is 16.5. The fourth-order valence-electron chi connectivity index (χ4n) is 1.03. The second-order valence-electron chi connectivity index (χ2n) is 2.39. The largest absolute Gasteiger partial charge is 0.493 e. The Labute approximate surface area is 76.0 Å². The number of methoxy groups -OCH3 is 1. The van der Waals surface area contributed by atoms with Crippen LogP contribution >= 0.6 is 0 Å². The van der Waals surface area contributed by atoms with Gasteiger partial charge >= 0.3 is 0 Å². The molecule has 1 heterocycles. The summed E-state index contributed by atoms with van der Waals surface area (Å²) in [5, 5.41) is 17.4. The Bertz CT molecular complexity index is 412. The summed E-state index contributed by atoms with van der Waals surface area (Å²) in [6.07, 6.45) is 1.37. The van der Waals surface area contributed by atoms with Crippen molar-refractivity contribution < 1.29 is 4.74 Å². The topological polar surface area (TPSA) is 69.7 Å². The van der Waals surface area contributed by atoms with Gasteiger partial charge in [0.25, 0.3) is 0 Å². The van der Waals surface area contributed by atoms with Gasteiger partial charge in [0.05, 0.1) is 18.4 Å². The number of rotatable bonds is 1. The Morgan fingerprint density at radius 2 is 2.08 bits per heavy atom. The molecule has 0 saturated heterocycles. The average Bonchev–Trinajstić information content (AvgIpc) is 2.17. The lowest BCUT2D eigenvalue weighted by Gasteiger charge is -2.05. The third kappa shape index (κ3) is 1.43. The Balaban J connectivity index is 3.50. The molecule has 0 aliphatic rings. The molecule has 0 spiro atoms. The van der Waals surface area contributed by atoms with E-state index in [9.17, 15) is 0 Å². The highest BCUT2D eigenvalue weighted by Crippen LogP contribution is 2.22. The number of nitriles is 2. The van der Waals surface area contributed by atoms with Crippen molar-refractivity contribution in [2.24, 2.45) is 0 Å². The van der Waals surface area contributed by atoms with Crippen molar-refractivity contribution in [1.82, 2.24) is 4.98 Å². The first-order valence-corrected chi connectivity index (χ1v) is 3.58. The fourth-order valence-corrected chi connectivity index (χ4v) is 1.03. The minimum Gasteiger partial charge on any atom is -0.493 e. The van der Waals surface area contributed by atoms with Gasteiger partial charge in [-0.3, -0.25) is 4.98 Å². The SMILES string of the molecule is COc1c(C)ncc(C#N)c1C#N. The molecule has 0 fully saturated rings. The van der Waals surface area contributed by atoms with Gasteiger partial charge in [-0.1, -0.05) is 0 Å². The summed E-state index contributed by atoms with van der Waals surface area (Å²) in [6.45, 7) is 1.72. The summed E-state index contributed by atoms with van der Waals surface area (Å²) in [5.74, 6) is 0.376. The maximum Gasteiger partial charge on any atom is 0.159 e. The summed E-state index contributed by atoms with van der Waals surface area (Å²) >= 11 is 0. The number of pyridine rings is 1. The van der Waals surface area contributed by atoms with E-state index in [0.29, 0.717) is 11.4 Å². The molecule has 0 atom stereocenters. The van der Waals surface area contributed by atoms with Crippen LogP contribution in [0.3, 0.4) is 0 Å². The molecule has 13 heavy (non-hydrogen) atoms. The van der Waals surface area contributed by atoms with Crippen LogP contribution in [0.2, 0.25) is 0 Å². The second kappa shape index (κ2) is 3.55. The van der Waals surface area contributed by atoms with E-state index in [0.717, 1.165) is 0 Å². The van der Waals surface area contributed by atoms with E-state index in [4.69, 9.17) is 15.3 Å². The monoisotopic (exact) mass is 173 g/mol. The van der Waals surface area contributed by atoms with E-state index >= 15 is 0 Å². The van der Waals surface area contributed by atoms with Crippen LogP contribution in [0.25, 0.3) is 0 Å². The number of aromatic nitrogens is 1. The van der Waals surface area contributed by atoms with Crippen LogP contribution in [0.15, 0.2) is 6.20 Å². The van der Waals surface area contributed by atoms with Gasteiger partial charge in [0.2, 0.25) is 0 Å². The first-order chi connectivity index (χ1) is 6.24. The van der Waals surface area contributed by atoms with Crippen LogP contribution in [0.5, 0.6) is 5.75 Å². The highest BCUT2D eigenvalue weighted by Gasteiger charge is 2.11. The highest BCUT2D eigenvalue weighted by molar-refractivity contribution is 5.54. The van der Waals surface area contributed by atoms with E-state index in [-0.39, 0.29) is 11.1 Å². The molecule has 0 amide bonds. The third-order valence-electron chi connectivity index (χ3n) is 1.65. The summed E-state index contributed by atoms with van der Waals surface area (Å²) in [4.78, 5) is 3.93. The molecule has 0 aliphatic heterocycles. The van der Waals surface area contributed by atoms with E-state index in [1.54, 1.807) is 6.92 Å². The van der Waals surface area contributed by atoms with Gasteiger partial charge in [-0.15, -0.1) is 0 Å². The average molecular weight is 173 g/mol. The van der Waals surface area contributed by atoms with Crippen molar-refractivity contribution in [1.29, 1.82) is 10.5 Å². The second-order valence-corrected chi connectivity index (χ2v) is 2.39. The zero-order valence-corrected chi connectivity index (χ0v) is 7.33. The lowest BCUT2D eigenvalue weighted by Crippen LogP contribution is -1.97. The normalized spacial score (nSPS) is 8.62. The lowest BCUT2D eigenvalue weighted by molar-refractivity contribution is 0.407. The van der Waals surface area contributed by atoms with Crippen molar-refractivity contribution in [2.75, 3.05) is 7.11 Å². The van der Waals surface area contributed by atoms with Crippen LogP contribution in [0, 0.1) is 29.6 Å². The van der Waals surface area contributed by atoms with Gasteiger partial charge in [0.1, 0.15) is 17.7 Å². The molecule has 0 saturated carbocycles. The molecule has 0 aromatic carbocycles. The lowest BCUT2D eigenvalue weighted by atomic mass is 10.1. The summed E-state index contributed by atoms with van der Waals surface area (Å²) < 4.78 is 4.97. The molecule has 0 unspecified atom stereocenters. The summed E-state index contributed by atoms with van der Waals surface area (Å²) in [5.41, 5.74) is 1.10. The number of hydrogen-bond acceptors (Lipinski definition) is 4.